The SMILES string of the molecule is Cc1ccc(CNc2ccc(C)c(F)c2)cc1. The third kappa shape index (κ3) is 3.06. The molecule has 1 nitrogen and oxygen atoms in total. The van der Waals surface area contributed by atoms with Gasteiger partial charge in [-0.15, -0.1) is 0 Å². The minimum atomic E-state index is -0.168. The van der Waals surface area contributed by atoms with Crippen molar-refractivity contribution in [3.63, 3.8) is 0 Å². The molecule has 2 rings (SSSR count). The van der Waals surface area contributed by atoms with Gasteiger partial charge in [-0.05, 0) is 37.1 Å². The molecular formula is C15H16FN. The van der Waals surface area contributed by atoms with Gasteiger partial charge in [-0.1, -0.05) is 35.9 Å². The Balaban J connectivity index is 2.02. The first-order chi connectivity index (χ1) is 8.15. The van der Waals surface area contributed by atoms with Crippen LogP contribution in [0, 0.1) is 19.7 Å². The summed E-state index contributed by atoms with van der Waals surface area (Å²) in [4.78, 5) is 0. The van der Waals surface area contributed by atoms with E-state index in [0.29, 0.717) is 12.1 Å². The summed E-state index contributed by atoms with van der Waals surface area (Å²) in [5.74, 6) is -0.168. The summed E-state index contributed by atoms with van der Waals surface area (Å²) < 4.78 is 13.3. The van der Waals surface area contributed by atoms with Crippen LogP contribution in [0.2, 0.25) is 0 Å². The largest absolute Gasteiger partial charge is 0.381 e. The van der Waals surface area contributed by atoms with Gasteiger partial charge in [0.1, 0.15) is 5.82 Å². The van der Waals surface area contributed by atoms with E-state index < -0.39 is 0 Å². The van der Waals surface area contributed by atoms with Crippen LogP contribution in [-0.2, 0) is 6.54 Å². The molecule has 0 amide bonds. The zero-order chi connectivity index (χ0) is 12.3. The van der Waals surface area contributed by atoms with Crippen molar-refractivity contribution in [3.8, 4) is 0 Å². The summed E-state index contributed by atoms with van der Waals surface area (Å²) in [6, 6.07) is 13.5. The molecule has 0 aliphatic carbocycles. The van der Waals surface area contributed by atoms with E-state index in [1.807, 2.05) is 6.07 Å². The molecule has 2 aromatic carbocycles. The van der Waals surface area contributed by atoms with Crippen LogP contribution in [0.1, 0.15) is 16.7 Å². The van der Waals surface area contributed by atoms with Crippen molar-refractivity contribution in [2.75, 3.05) is 5.32 Å². The molecular weight excluding hydrogens is 213 g/mol. The molecule has 0 heterocycles. The normalized spacial score (nSPS) is 10.3. The molecule has 0 bridgehead atoms. The maximum Gasteiger partial charge on any atom is 0.128 e. The molecule has 0 fully saturated rings. The lowest BCUT2D eigenvalue weighted by Crippen LogP contribution is -2.00. The molecule has 0 saturated carbocycles. The van der Waals surface area contributed by atoms with Gasteiger partial charge < -0.3 is 5.32 Å². The zero-order valence-corrected chi connectivity index (χ0v) is 10.1. The smallest absolute Gasteiger partial charge is 0.128 e. The lowest BCUT2D eigenvalue weighted by Gasteiger charge is -2.07. The molecule has 0 unspecified atom stereocenters. The maximum absolute atomic E-state index is 13.3. The highest BCUT2D eigenvalue weighted by atomic mass is 19.1. The van der Waals surface area contributed by atoms with Gasteiger partial charge in [0.2, 0.25) is 0 Å². The second kappa shape index (κ2) is 5.00. The van der Waals surface area contributed by atoms with E-state index in [1.165, 1.54) is 17.2 Å². The van der Waals surface area contributed by atoms with Crippen molar-refractivity contribution in [3.05, 3.63) is 65.0 Å². The van der Waals surface area contributed by atoms with Gasteiger partial charge in [-0.3, -0.25) is 0 Å². The van der Waals surface area contributed by atoms with Crippen LogP contribution < -0.4 is 5.32 Å². The molecule has 2 heteroatoms. The van der Waals surface area contributed by atoms with Crippen LogP contribution in [0.15, 0.2) is 42.5 Å². The van der Waals surface area contributed by atoms with Gasteiger partial charge in [0.25, 0.3) is 0 Å². The summed E-state index contributed by atoms with van der Waals surface area (Å²) in [6.07, 6.45) is 0. The fourth-order valence-electron chi connectivity index (χ4n) is 1.61. The Labute approximate surface area is 101 Å². The molecule has 0 aliphatic heterocycles. The molecule has 0 aliphatic rings. The molecule has 0 radical (unpaired) electrons. The molecule has 0 spiro atoms. The first kappa shape index (κ1) is 11.6. The van der Waals surface area contributed by atoms with E-state index in [2.05, 4.69) is 36.5 Å². The number of aryl methyl sites for hydroxylation is 2. The average molecular weight is 229 g/mol. The maximum atomic E-state index is 13.3. The van der Waals surface area contributed by atoms with Crippen molar-refractivity contribution >= 4 is 5.69 Å². The molecule has 0 saturated heterocycles. The van der Waals surface area contributed by atoms with Crippen LogP contribution in [0.3, 0.4) is 0 Å². The van der Waals surface area contributed by atoms with Crippen molar-refractivity contribution < 1.29 is 4.39 Å². The monoisotopic (exact) mass is 229 g/mol. The standard InChI is InChI=1S/C15H16FN/c1-11-3-6-13(7-4-11)10-17-14-8-5-12(2)15(16)9-14/h3-9,17H,10H2,1-2H3. The predicted molar refractivity (Wildman–Crippen MR) is 69.6 cm³/mol. The Kier molecular flexibility index (Phi) is 3.43. The van der Waals surface area contributed by atoms with Gasteiger partial charge in [0.15, 0.2) is 0 Å². The first-order valence-electron chi connectivity index (χ1n) is 5.71. The Morgan fingerprint density at radius 1 is 1.00 bits per heavy atom. The van der Waals surface area contributed by atoms with Crippen molar-refractivity contribution in [1.82, 2.24) is 0 Å². The number of hydrogen-bond acceptors (Lipinski definition) is 1. The molecule has 17 heavy (non-hydrogen) atoms. The third-order valence-electron chi connectivity index (χ3n) is 2.79. The van der Waals surface area contributed by atoms with E-state index in [-0.39, 0.29) is 5.82 Å². The summed E-state index contributed by atoms with van der Waals surface area (Å²) in [7, 11) is 0. The van der Waals surface area contributed by atoms with Crippen LogP contribution in [-0.4, -0.2) is 0 Å². The minimum absolute atomic E-state index is 0.168. The summed E-state index contributed by atoms with van der Waals surface area (Å²) in [5, 5.41) is 3.21. The van der Waals surface area contributed by atoms with Crippen LogP contribution in [0.4, 0.5) is 10.1 Å². The fourth-order valence-corrected chi connectivity index (χ4v) is 1.61. The van der Waals surface area contributed by atoms with Crippen molar-refractivity contribution in [2.24, 2.45) is 0 Å². The second-order valence-electron chi connectivity index (χ2n) is 4.30. The van der Waals surface area contributed by atoms with Crippen molar-refractivity contribution in [1.29, 1.82) is 0 Å². The highest BCUT2D eigenvalue weighted by molar-refractivity contribution is 5.45. The Hall–Kier alpha value is -1.83. The Morgan fingerprint density at radius 2 is 1.71 bits per heavy atom. The van der Waals surface area contributed by atoms with E-state index in [1.54, 1.807) is 13.0 Å². The number of hydrogen-bond donors (Lipinski definition) is 1. The van der Waals surface area contributed by atoms with E-state index >= 15 is 0 Å². The molecule has 1 N–H and O–H groups in total. The lowest BCUT2D eigenvalue weighted by molar-refractivity contribution is 0.619. The minimum Gasteiger partial charge on any atom is -0.381 e. The fraction of sp³-hybridized carbons (Fsp3) is 0.200. The number of anilines is 1. The zero-order valence-electron chi connectivity index (χ0n) is 10.1. The average Bonchev–Trinajstić information content (AvgIpc) is 2.33. The van der Waals surface area contributed by atoms with Crippen LogP contribution >= 0.6 is 0 Å². The Bertz CT molecular complexity index is 503. The molecule has 88 valence electrons. The molecule has 0 aromatic heterocycles. The lowest BCUT2D eigenvalue weighted by atomic mass is 10.1. The van der Waals surface area contributed by atoms with Crippen LogP contribution in [0.25, 0.3) is 0 Å². The van der Waals surface area contributed by atoms with Crippen LogP contribution in [0.5, 0.6) is 0 Å². The topological polar surface area (TPSA) is 12.0 Å². The summed E-state index contributed by atoms with van der Waals surface area (Å²) in [6.45, 7) is 4.54. The second-order valence-corrected chi connectivity index (χ2v) is 4.30. The number of rotatable bonds is 3. The van der Waals surface area contributed by atoms with E-state index in [4.69, 9.17) is 0 Å². The van der Waals surface area contributed by atoms with Gasteiger partial charge in [-0.25, -0.2) is 4.39 Å². The van der Waals surface area contributed by atoms with Gasteiger partial charge in [-0.2, -0.15) is 0 Å². The van der Waals surface area contributed by atoms with E-state index in [0.717, 1.165) is 5.69 Å². The van der Waals surface area contributed by atoms with Gasteiger partial charge in [0, 0.05) is 12.2 Å². The molecule has 2 aromatic rings. The van der Waals surface area contributed by atoms with E-state index in [9.17, 15) is 4.39 Å². The van der Waals surface area contributed by atoms with Crippen molar-refractivity contribution in [2.45, 2.75) is 20.4 Å². The highest BCUT2D eigenvalue weighted by Gasteiger charge is 1.99. The Morgan fingerprint density at radius 3 is 2.35 bits per heavy atom. The molecule has 0 atom stereocenters. The third-order valence-corrected chi connectivity index (χ3v) is 2.79. The number of nitrogens with one attached hydrogen (secondary N) is 1. The summed E-state index contributed by atoms with van der Waals surface area (Å²) >= 11 is 0. The quantitative estimate of drug-likeness (QED) is 0.837. The number of halogens is 1. The van der Waals surface area contributed by atoms with Gasteiger partial charge in [0.05, 0.1) is 0 Å². The number of benzene rings is 2. The summed E-state index contributed by atoms with van der Waals surface area (Å²) in [5.41, 5.74) is 3.92. The van der Waals surface area contributed by atoms with Gasteiger partial charge >= 0.3 is 0 Å². The highest BCUT2D eigenvalue weighted by Crippen LogP contribution is 2.14. The predicted octanol–water partition coefficient (Wildman–Crippen LogP) is 4.05. The first-order valence-corrected chi connectivity index (χ1v) is 5.71.